The lowest BCUT2D eigenvalue weighted by Gasteiger charge is -2.22. The Morgan fingerprint density at radius 1 is 1.38 bits per heavy atom. The van der Waals surface area contributed by atoms with Crippen molar-refractivity contribution in [2.24, 2.45) is 0 Å². The van der Waals surface area contributed by atoms with Crippen LogP contribution in [-0.4, -0.2) is 49.8 Å². The van der Waals surface area contributed by atoms with Crippen LogP contribution in [-0.2, 0) is 4.74 Å². The van der Waals surface area contributed by atoms with Crippen LogP contribution in [0.1, 0.15) is 40.0 Å². The molecule has 1 fully saturated rings. The lowest BCUT2D eigenvalue weighted by atomic mass is 10.2. The third-order valence-corrected chi connectivity index (χ3v) is 3.22. The van der Waals surface area contributed by atoms with Crippen molar-refractivity contribution in [1.82, 2.24) is 10.2 Å². The van der Waals surface area contributed by atoms with Crippen molar-refractivity contribution in [2.75, 3.05) is 32.8 Å². The molecule has 1 atom stereocenters. The van der Waals surface area contributed by atoms with Crippen LogP contribution < -0.4 is 5.32 Å². The molecule has 1 N–H and O–H groups in total. The largest absolute Gasteiger partial charge is 0.378 e. The van der Waals surface area contributed by atoms with E-state index in [0.29, 0.717) is 12.1 Å². The molecule has 96 valence electrons. The molecule has 3 heteroatoms. The van der Waals surface area contributed by atoms with Crippen LogP contribution in [0.25, 0.3) is 0 Å². The lowest BCUT2D eigenvalue weighted by Crippen LogP contribution is -2.36. The highest BCUT2D eigenvalue weighted by molar-refractivity contribution is 4.68. The summed E-state index contributed by atoms with van der Waals surface area (Å²) in [6.07, 6.45) is 4.26. The highest BCUT2D eigenvalue weighted by Gasteiger charge is 2.16. The van der Waals surface area contributed by atoms with Crippen molar-refractivity contribution in [3.05, 3.63) is 0 Å². The van der Waals surface area contributed by atoms with Gasteiger partial charge in [-0.05, 0) is 25.8 Å². The van der Waals surface area contributed by atoms with Crippen molar-refractivity contribution in [3.8, 4) is 0 Å². The zero-order valence-corrected chi connectivity index (χ0v) is 11.2. The zero-order chi connectivity index (χ0) is 11.8. The molecule has 16 heavy (non-hydrogen) atoms. The van der Waals surface area contributed by atoms with Crippen molar-refractivity contribution < 1.29 is 4.74 Å². The summed E-state index contributed by atoms with van der Waals surface area (Å²) in [5, 5.41) is 3.47. The first kappa shape index (κ1) is 13.9. The summed E-state index contributed by atoms with van der Waals surface area (Å²) < 4.78 is 5.65. The number of hydrogen-bond donors (Lipinski definition) is 1. The quantitative estimate of drug-likeness (QED) is 0.686. The molecule has 0 amide bonds. The summed E-state index contributed by atoms with van der Waals surface area (Å²) in [7, 11) is 0. The van der Waals surface area contributed by atoms with E-state index in [1.165, 1.54) is 25.8 Å². The molecule has 1 aliphatic heterocycles. The van der Waals surface area contributed by atoms with Gasteiger partial charge in [0, 0.05) is 32.3 Å². The van der Waals surface area contributed by atoms with Gasteiger partial charge in [0.05, 0.1) is 6.10 Å². The predicted octanol–water partition coefficient (Wildman–Crippen LogP) is 1.88. The fourth-order valence-corrected chi connectivity index (χ4v) is 2.14. The Balaban J connectivity index is 2.05. The van der Waals surface area contributed by atoms with Gasteiger partial charge >= 0.3 is 0 Å². The molecule has 0 aromatic carbocycles. The summed E-state index contributed by atoms with van der Waals surface area (Å²) in [4.78, 5) is 2.51. The van der Waals surface area contributed by atoms with Gasteiger partial charge in [-0.15, -0.1) is 0 Å². The first-order valence-corrected chi connectivity index (χ1v) is 6.79. The minimum Gasteiger partial charge on any atom is -0.378 e. The molecule has 1 saturated heterocycles. The topological polar surface area (TPSA) is 24.5 Å². The fourth-order valence-electron chi connectivity index (χ4n) is 2.14. The van der Waals surface area contributed by atoms with Crippen LogP contribution in [0, 0.1) is 0 Å². The van der Waals surface area contributed by atoms with Crippen LogP contribution >= 0.6 is 0 Å². The SMILES string of the molecule is CCN(CCNC(C)C)CCC1CCCO1. The van der Waals surface area contributed by atoms with E-state index in [1.807, 2.05) is 0 Å². The van der Waals surface area contributed by atoms with Crippen LogP contribution in [0.4, 0.5) is 0 Å². The average molecular weight is 228 g/mol. The third-order valence-electron chi connectivity index (χ3n) is 3.22. The Labute approximate surface area is 101 Å². The molecule has 0 radical (unpaired) electrons. The van der Waals surface area contributed by atoms with E-state index in [2.05, 4.69) is 31.0 Å². The highest BCUT2D eigenvalue weighted by atomic mass is 16.5. The van der Waals surface area contributed by atoms with Gasteiger partial charge in [-0.25, -0.2) is 0 Å². The molecule has 0 saturated carbocycles. The summed E-state index contributed by atoms with van der Waals surface area (Å²) in [6, 6.07) is 0.594. The molecule has 1 aliphatic rings. The number of likely N-dealkylation sites (N-methyl/N-ethyl adjacent to an activating group) is 1. The van der Waals surface area contributed by atoms with E-state index in [9.17, 15) is 0 Å². The van der Waals surface area contributed by atoms with E-state index < -0.39 is 0 Å². The molecule has 0 aromatic heterocycles. The summed E-state index contributed by atoms with van der Waals surface area (Å²) >= 11 is 0. The molecule has 1 unspecified atom stereocenters. The molecule has 1 rings (SSSR count). The van der Waals surface area contributed by atoms with E-state index in [1.54, 1.807) is 0 Å². The van der Waals surface area contributed by atoms with Crippen molar-refractivity contribution in [3.63, 3.8) is 0 Å². The Morgan fingerprint density at radius 3 is 2.75 bits per heavy atom. The number of nitrogens with zero attached hydrogens (tertiary/aromatic N) is 1. The smallest absolute Gasteiger partial charge is 0.0588 e. The first-order valence-electron chi connectivity index (χ1n) is 6.79. The molecule has 0 aromatic rings. The van der Waals surface area contributed by atoms with Crippen LogP contribution in [0.15, 0.2) is 0 Å². The van der Waals surface area contributed by atoms with E-state index in [-0.39, 0.29) is 0 Å². The summed E-state index contributed by atoms with van der Waals surface area (Å²) in [5.74, 6) is 0. The Kier molecular flexibility index (Phi) is 7.01. The third kappa shape index (κ3) is 5.83. The average Bonchev–Trinajstić information content (AvgIpc) is 2.75. The summed E-state index contributed by atoms with van der Waals surface area (Å²) in [5.41, 5.74) is 0. The van der Waals surface area contributed by atoms with Gasteiger partial charge in [-0.1, -0.05) is 20.8 Å². The van der Waals surface area contributed by atoms with Crippen LogP contribution in [0.3, 0.4) is 0 Å². The Morgan fingerprint density at radius 2 is 2.19 bits per heavy atom. The molecule has 3 nitrogen and oxygen atoms in total. The molecular formula is C13H28N2O. The number of hydrogen-bond acceptors (Lipinski definition) is 3. The van der Waals surface area contributed by atoms with Crippen molar-refractivity contribution in [2.45, 2.75) is 52.2 Å². The Bertz CT molecular complexity index is 167. The molecular weight excluding hydrogens is 200 g/mol. The maximum Gasteiger partial charge on any atom is 0.0588 e. The minimum absolute atomic E-state index is 0.534. The van der Waals surface area contributed by atoms with E-state index >= 15 is 0 Å². The maximum absolute atomic E-state index is 5.65. The monoisotopic (exact) mass is 228 g/mol. The number of ether oxygens (including phenoxy) is 1. The van der Waals surface area contributed by atoms with Gasteiger partial charge in [-0.3, -0.25) is 0 Å². The lowest BCUT2D eigenvalue weighted by molar-refractivity contribution is 0.0927. The second-order valence-corrected chi connectivity index (χ2v) is 4.97. The molecule has 0 spiro atoms. The summed E-state index contributed by atoms with van der Waals surface area (Å²) in [6.45, 7) is 12.2. The van der Waals surface area contributed by atoms with Gasteiger partial charge in [0.2, 0.25) is 0 Å². The van der Waals surface area contributed by atoms with Crippen molar-refractivity contribution >= 4 is 0 Å². The fraction of sp³-hybridized carbons (Fsp3) is 1.00. The zero-order valence-electron chi connectivity index (χ0n) is 11.2. The normalized spacial score (nSPS) is 21.2. The van der Waals surface area contributed by atoms with E-state index in [4.69, 9.17) is 4.74 Å². The van der Waals surface area contributed by atoms with Crippen LogP contribution in [0.5, 0.6) is 0 Å². The second-order valence-electron chi connectivity index (χ2n) is 4.97. The number of nitrogens with one attached hydrogen (secondary N) is 1. The standard InChI is InChI=1S/C13H28N2O/c1-4-15(10-8-14-12(2)3)9-7-13-6-5-11-16-13/h12-14H,4-11H2,1-3H3. The van der Waals surface area contributed by atoms with E-state index in [0.717, 1.165) is 26.2 Å². The second kappa shape index (κ2) is 8.04. The molecule has 0 aliphatic carbocycles. The Hall–Kier alpha value is -0.120. The van der Waals surface area contributed by atoms with Gasteiger partial charge < -0.3 is 15.0 Å². The molecule has 1 heterocycles. The van der Waals surface area contributed by atoms with Gasteiger partial charge in [0.15, 0.2) is 0 Å². The molecule has 0 bridgehead atoms. The number of rotatable bonds is 8. The maximum atomic E-state index is 5.65. The van der Waals surface area contributed by atoms with Gasteiger partial charge in [0.1, 0.15) is 0 Å². The first-order chi connectivity index (χ1) is 7.72. The van der Waals surface area contributed by atoms with Gasteiger partial charge in [-0.2, -0.15) is 0 Å². The van der Waals surface area contributed by atoms with Gasteiger partial charge in [0.25, 0.3) is 0 Å². The minimum atomic E-state index is 0.534. The predicted molar refractivity (Wildman–Crippen MR) is 68.8 cm³/mol. The van der Waals surface area contributed by atoms with Crippen molar-refractivity contribution in [1.29, 1.82) is 0 Å². The van der Waals surface area contributed by atoms with Crippen LogP contribution in [0.2, 0.25) is 0 Å². The highest BCUT2D eigenvalue weighted by Crippen LogP contribution is 2.15.